The van der Waals surface area contributed by atoms with Crippen LogP contribution in [0, 0.1) is 0 Å². The molecule has 1 aromatic carbocycles. The Balaban J connectivity index is 2.15. The van der Waals surface area contributed by atoms with Crippen molar-refractivity contribution in [3.05, 3.63) is 64.0 Å². The van der Waals surface area contributed by atoms with E-state index in [2.05, 4.69) is 21.9 Å². The Morgan fingerprint density at radius 3 is 2.73 bits per heavy atom. The van der Waals surface area contributed by atoms with Crippen molar-refractivity contribution in [3.63, 3.8) is 0 Å². The molecule has 2 heterocycles. The lowest BCUT2D eigenvalue weighted by Crippen LogP contribution is -2.32. The maximum Gasteiger partial charge on any atom is 0.416 e. The summed E-state index contributed by atoms with van der Waals surface area (Å²) in [5.41, 5.74) is -1.52. The number of nitrogens with one attached hydrogen (secondary N) is 2. The minimum Gasteiger partial charge on any atom is -0.310 e. The van der Waals surface area contributed by atoms with E-state index >= 15 is 0 Å². The number of aromatic nitrogens is 2. The van der Waals surface area contributed by atoms with Gasteiger partial charge in [-0.2, -0.15) is 13.2 Å². The van der Waals surface area contributed by atoms with Crippen LogP contribution in [0.15, 0.2) is 46.9 Å². The molecule has 1 aliphatic rings. The van der Waals surface area contributed by atoms with Crippen molar-refractivity contribution in [2.45, 2.75) is 23.7 Å². The fraction of sp³-hybridized carbons (Fsp3) is 0.235. The maximum atomic E-state index is 13.4. The quantitative estimate of drug-likeness (QED) is 0.483. The standard InChI is InChI=1S/C17H14F3N3O2S/c1-2-7-26-16-22-14-13(15(25)23-16)10(8-12(24)21-14)9-5-3-4-6-11(9)17(18,19)20/h2-6,10H,1,7-8H2,(H2,21,22,23,24,25)/t10-/m0/s1. The number of rotatable bonds is 4. The normalized spacial score (nSPS) is 16.7. The highest BCUT2D eigenvalue weighted by molar-refractivity contribution is 7.99. The van der Waals surface area contributed by atoms with E-state index in [-0.39, 0.29) is 28.5 Å². The first-order valence-electron chi connectivity index (χ1n) is 7.65. The molecule has 2 N–H and O–H groups in total. The summed E-state index contributed by atoms with van der Waals surface area (Å²) in [7, 11) is 0. The lowest BCUT2D eigenvalue weighted by molar-refractivity contribution is -0.138. The third kappa shape index (κ3) is 3.52. The summed E-state index contributed by atoms with van der Waals surface area (Å²) in [5, 5.41) is 2.75. The third-order valence-corrected chi connectivity index (χ3v) is 4.78. The molecule has 26 heavy (non-hydrogen) atoms. The van der Waals surface area contributed by atoms with Crippen molar-refractivity contribution in [1.82, 2.24) is 9.97 Å². The molecule has 1 amide bonds. The van der Waals surface area contributed by atoms with Gasteiger partial charge in [-0.1, -0.05) is 36.0 Å². The average molecular weight is 381 g/mol. The van der Waals surface area contributed by atoms with Gasteiger partial charge in [-0.3, -0.25) is 9.59 Å². The number of carbonyl (C=O) groups excluding carboxylic acids is 1. The zero-order valence-corrected chi connectivity index (χ0v) is 14.2. The van der Waals surface area contributed by atoms with Crippen molar-refractivity contribution in [2.24, 2.45) is 0 Å². The van der Waals surface area contributed by atoms with Gasteiger partial charge in [0, 0.05) is 18.1 Å². The van der Waals surface area contributed by atoms with Gasteiger partial charge < -0.3 is 10.3 Å². The van der Waals surface area contributed by atoms with Gasteiger partial charge in [0.15, 0.2) is 5.16 Å². The Hall–Kier alpha value is -2.55. The number of aromatic amines is 1. The molecule has 136 valence electrons. The number of H-pyrrole nitrogens is 1. The second-order valence-corrected chi connectivity index (χ2v) is 6.63. The zero-order valence-electron chi connectivity index (χ0n) is 13.4. The van der Waals surface area contributed by atoms with Crippen LogP contribution in [0.5, 0.6) is 0 Å². The summed E-state index contributed by atoms with van der Waals surface area (Å²) >= 11 is 1.20. The van der Waals surface area contributed by atoms with Crippen LogP contribution in [0.1, 0.15) is 29.0 Å². The Morgan fingerprint density at radius 1 is 1.31 bits per heavy atom. The molecule has 0 radical (unpaired) electrons. The summed E-state index contributed by atoms with van der Waals surface area (Å²) < 4.78 is 40.1. The molecule has 0 saturated heterocycles. The molecule has 5 nitrogen and oxygen atoms in total. The Morgan fingerprint density at radius 2 is 2.04 bits per heavy atom. The van der Waals surface area contributed by atoms with Crippen LogP contribution in [0.25, 0.3) is 0 Å². The average Bonchev–Trinajstić information content (AvgIpc) is 2.58. The summed E-state index contributed by atoms with van der Waals surface area (Å²) in [4.78, 5) is 31.3. The van der Waals surface area contributed by atoms with Crippen LogP contribution in [-0.2, 0) is 11.0 Å². The molecule has 2 aromatic rings. The number of benzene rings is 1. The van der Waals surface area contributed by atoms with Crippen LogP contribution in [-0.4, -0.2) is 21.6 Å². The number of hydrogen-bond acceptors (Lipinski definition) is 4. The molecule has 1 aromatic heterocycles. The Kier molecular flexibility index (Phi) is 4.90. The monoisotopic (exact) mass is 381 g/mol. The minimum absolute atomic E-state index is 0.00135. The highest BCUT2D eigenvalue weighted by Crippen LogP contribution is 2.41. The minimum atomic E-state index is -4.59. The van der Waals surface area contributed by atoms with E-state index in [0.717, 1.165) is 6.07 Å². The summed E-state index contributed by atoms with van der Waals surface area (Å²) in [6.45, 7) is 3.57. The van der Waals surface area contributed by atoms with Crippen LogP contribution in [0.3, 0.4) is 0 Å². The molecule has 1 atom stereocenters. The fourth-order valence-electron chi connectivity index (χ4n) is 2.88. The molecule has 0 unspecified atom stereocenters. The predicted octanol–water partition coefficient (Wildman–Crippen LogP) is 3.54. The van der Waals surface area contributed by atoms with Crippen LogP contribution >= 0.6 is 11.8 Å². The van der Waals surface area contributed by atoms with E-state index in [4.69, 9.17) is 0 Å². The fourth-order valence-corrected chi connectivity index (χ4v) is 3.48. The number of anilines is 1. The topological polar surface area (TPSA) is 74.8 Å². The molecular formula is C17H14F3N3O2S. The predicted molar refractivity (Wildman–Crippen MR) is 92.3 cm³/mol. The van der Waals surface area contributed by atoms with Gasteiger partial charge in [-0.25, -0.2) is 4.98 Å². The van der Waals surface area contributed by atoms with E-state index in [0.29, 0.717) is 5.75 Å². The smallest absolute Gasteiger partial charge is 0.310 e. The van der Waals surface area contributed by atoms with Crippen molar-refractivity contribution in [1.29, 1.82) is 0 Å². The van der Waals surface area contributed by atoms with Crippen LogP contribution < -0.4 is 10.9 Å². The number of thioether (sulfide) groups is 1. The van der Waals surface area contributed by atoms with Crippen molar-refractivity contribution in [3.8, 4) is 0 Å². The van der Waals surface area contributed by atoms with Gasteiger partial charge in [-0.15, -0.1) is 6.58 Å². The number of nitrogens with zero attached hydrogens (tertiary/aromatic N) is 1. The van der Waals surface area contributed by atoms with Crippen LogP contribution in [0.4, 0.5) is 19.0 Å². The molecule has 0 spiro atoms. The number of hydrogen-bond donors (Lipinski definition) is 2. The SMILES string of the molecule is C=CCSc1nc2c(c(=O)[nH]1)[C@H](c1ccccc1C(F)(F)F)CC(=O)N2. The molecule has 0 bridgehead atoms. The van der Waals surface area contributed by atoms with E-state index < -0.39 is 29.1 Å². The lowest BCUT2D eigenvalue weighted by atomic mass is 9.84. The molecule has 0 fully saturated rings. The molecule has 0 aliphatic carbocycles. The van der Waals surface area contributed by atoms with Gasteiger partial charge in [0.25, 0.3) is 5.56 Å². The first-order valence-corrected chi connectivity index (χ1v) is 8.63. The Bertz CT molecular complexity index is 924. The molecule has 0 saturated carbocycles. The number of amides is 1. The number of halogens is 3. The summed E-state index contributed by atoms with van der Waals surface area (Å²) in [5.74, 6) is -1.03. The molecule has 1 aliphatic heterocycles. The van der Waals surface area contributed by atoms with Gasteiger partial charge >= 0.3 is 6.18 Å². The van der Waals surface area contributed by atoms with Gasteiger partial charge in [0.1, 0.15) is 5.82 Å². The van der Waals surface area contributed by atoms with Gasteiger partial charge in [0.2, 0.25) is 5.91 Å². The first kappa shape index (κ1) is 18.2. The number of alkyl halides is 3. The zero-order chi connectivity index (χ0) is 18.9. The first-order chi connectivity index (χ1) is 12.3. The van der Waals surface area contributed by atoms with E-state index in [1.807, 2.05) is 0 Å². The third-order valence-electron chi connectivity index (χ3n) is 3.91. The summed E-state index contributed by atoms with van der Waals surface area (Å²) in [6, 6.07) is 4.95. The molecular weight excluding hydrogens is 367 g/mol. The summed E-state index contributed by atoms with van der Waals surface area (Å²) in [6.07, 6.45) is -3.24. The van der Waals surface area contributed by atoms with Crippen molar-refractivity contribution in [2.75, 3.05) is 11.1 Å². The van der Waals surface area contributed by atoms with Crippen molar-refractivity contribution >= 4 is 23.5 Å². The Labute approximate surface area is 150 Å². The second-order valence-electron chi connectivity index (χ2n) is 5.62. The lowest BCUT2D eigenvalue weighted by Gasteiger charge is -2.26. The molecule has 3 rings (SSSR count). The van der Waals surface area contributed by atoms with E-state index in [9.17, 15) is 22.8 Å². The second kappa shape index (κ2) is 6.99. The molecule has 9 heteroatoms. The van der Waals surface area contributed by atoms with E-state index in [1.54, 1.807) is 6.08 Å². The maximum absolute atomic E-state index is 13.4. The number of fused-ring (bicyclic) bond motifs is 1. The van der Waals surface area contributed by atoms with Crippen molar-refractivity contribution < 1.29 is 18.0 Å². The van der Waals surface area contributed by atoms with Crippen LogP contribution in [0.2, 0.25) is 0 Å². The highest BCUT2D eigenvalue weighted by atomic mass is 32.2. The van der Waals surface area contributed by atoms with Gasteiger partial charge in [-0.05, 0) is 11.6 Å². The number of carbonyl (C=O) groups is 1. The van der Waals surface area contributed by atoms with E-state index in [1.165, 1.54) is 30.0 Å². The van der Waals surface area contributed by atoms with Gasteiger partial charge in [0.05, 0.1) is 11.1 Å². The largest absolute Gasteiger partial charge is 0.416 e. The highest BCUT2D eigenvalue weighted by Gasteiger charge is 2.39.